The summed E-state index contributed by atoms with van der Waals surface area (Å²) < 4.78 is 40.9. The van der Waals surface area contributed by atoms with Gasteiger partial charge in [-0.05, 0) is 36.6 Å². The summed E-state index contributed by atoms with van der Waals surface area (Å²) >= 11 is 0. The summed E-state index contributed by atoms with van der Waals surface area (Å²) in [5.74, 6) is -0.380. The van der Waals surface area contributed by atoms with Crippen molar-refractivity contribution in [2.45, 2.75) is 24.3 Å². The van der Waals surface area contributed by atoms with E-state index in [0.717, 1.165) is 18.9 Å². The summed E-state index contributed by atoms with van der Waals surface area (Å²) in [7, 11) is -2.18. The molecule has 0 bridgehead atoms. The molecule has 144 valence electrons. The van der Waals surface area contributed by atoms with Crippen molar-refractivity contribution in [3.05, 3.63) is 64.0 Å². The van der Waals surface area contributed by atoms with Crippen LogP contribution in [0, 0.1) is 15.9 Å². The summed E-state index contributed by atoms with van der Waals surface area (Å²) in [6.45, 7) is 1.06. The van der Waals surface area contributed by atoms with Gasteiger partial charge in [-0.2, -0.15) is 4.31 Å². The van der Waals surface area contributed by atoms with E-state index in [0.29, 0.717) is 24.3 Å². The van der Waals surface area contributed by atoms with Gasteiger partial charge in [0.25, 0.3) is 5.69 Å². The molecule has 7 nitrogen and oxygen atoms in total. The third kappa shape index (κ3) is 4.09. The molecule has 0 aliphatic carbocycles. The average molecular weight is 393 g/mol. The molecule has 9 heteroatoms. The molecule has 2 aromatic carbocycles. The molecule has 0 spiro atoms. The number of halogens is 1. The number of nitrogens with zero attached hydrogens (tertiary/aromatic N) is 3. The Bertz CT molecular complexity index is 959. The van der Waals surface area contributed by atoms with Gasteiger partial charge in [0.1, 0.15) is 10.7 Å². The van der Waals surface area contributed by atoms with Crippen LogP contribution in [-0.4, -0.2) is 37.8 Å². The van der Waals surface area contributed by atoms with Crippen molar-refractivity contribution in [1.82, 2.24) is 4.31 Å². The Kier molecular flexibility index (Phi) is 5.43. The summed E-state index contributed by atoms with van der Waals surface area (Å²) in [5.41, 5.74) is 0.729. The summed E-state index contributed by atoms with van der Waals surface area (Å²) in [6.07, 6.45) is 1.53. The Hall–Kier alpha value is -2.52. The predicted molar refractivity (Wildman–Crippen MR) is 99.6 cm³/mol. The quantitative estimate of drug-likeness (QED) is 0.556. The van der Waals surface area contributed by atoms with Gasteiger partial charge in [0, 0.05) is 38.8 Å². The lowest BCUT2D eigenvalue weighted by Gasteiger charge is -2.24. The number of anilines is 1. The van der Waals surface area contributed by atoms with Crippen molar-refractivity contribution in [2.75, 3.05) is 25.0 Å². The molecule has 2 aromatic rings. The lowest BCUT2D eigenvalue weighted by molar-refractivity contribution is -0.385. The highest BCUT2D eigenvalue weighted by atomic mass is 32.2. The second-order valence-corrected chi connectivity index (χ2v) is 8.41. The predicted octanol–water partition coefficient (Wildman–Crippen LogP) is 3.15. The van der Waals surface area contributed by atoms with Crippen LogP contribution in [0.1, 0.15) is 18.4 Å². The molecule has 0 saturated carbocycles. The number of non-ortho nitro benzene ring substituents is 1. The van der Waals surface area contributed by atoms with E-state index in [2.05, 4.69) is 0 Å². The van der Waals surface area contributed by atoms with E-state index < -0.39 is 14.9 Å². The maximum atomic E-state index is 13.4. The minimum Gasteiger partial charge on any atom is -0.369 e. The first-order valence-electron chi connectivity index (χ1n) is 8.53. The molecule has 1 saturated heterocycles. The Morgan fingerprint density at radius 2 is 1.89 bits per heavy atom. The van der Waals surface area contributed by atoms with Crippen LogP contribution in [0.15, 0.2) is 47.4 Å². The van der Waals surface area contributed by atoms with Crippen LogP contribution in [0.25, 0.3) is 0 Å². The van der Waals surface area contributed by atoms with E-state index >= 15 is 0 Å². The van der Waals surface area contributed by atoms with Crippen molar-refractivity contribution in [3.63, 3.8) is 0 Å². The summed E-state index contributed by atoms with van der Waals surface area (Å²) in [6, 6.07) is 9.83. The highest BCUT2D eigenvalue weighted by molar-refractivity contribution is 7.89. The standard InChI is InChI=1S/C18H20FN3O4S/c1-20(13-14-5-4-6-15(19)11-14)17-8-7-16(22(23)24)12-18(17)27(25,26)21-9-2-3-10-21/h4-8,11-12H,2-3,9-10,13H2,1H3. The van der Waals surface area contributed by atoms with Gasteiger partial charge in [-0.25, -0.2) is 12.8 Å². The molecular formula is C18H20FN3O4S. The third-order valence-electron chi connectivity index (χ3n) is 4.56. The van der Waals surface area contributed by atoms with Gasteiger partial charge in [-0.15, -0.1) is 0 Å². The van der Waals surface area contributed by atoms with Crippen LogP contribution >= 0.6 is 0 Å². The fraction of sp³-hybridized carbons (Fsp3) is 0.333. The minimum atomic E-state index is -3.86. The molecule has 3 rings (SSSR count). The normalized spacial score (nSPS) is 15.0. The molecule has 0 radical (unpaired) electrons. The largest absolute Gasteiger partial charge is 0.369 e. The molecule has 0 N–H and O–H groups in total. The smallest absolute Gasteiger partial charge is 0.270 e. The zero-order valence-electron chi connectivity index (χ0n) is 14.8. The molecule has 1 aliphatic heterocycles. The monoisotopic (exact) mass is 393 g/mol. The number of nitro groups is 1. The second kappa shape index (κ2) is 7.61. The molecule has 1 heterocycles. The maximum Gasteiger partial charge on any atom is 0.270 e. The minimum absolute atomic E-state index is 0.0995. The molecular weight excluding hydrogens is 373 g/mol. The maximum absolute atomic E-state index is 13.4. The number of nitro benzene ring substituents is 1. The van der Waals surface area contributed by atoms with Crippen LogP contribution < -0.4 is 4.90 Å². The highest BCUT2D eigenvalue weighted by Crippen LogP contribution is 2.33. The number of benzene rings is 2. The van der Waals surface area contributed by atoms with Crippen LogP contribution in [0.3, 0.4) is 0 Å². The van der Waals surface area contributed by atoms with Crippen LogP contribution in [0.2, 0.25) is 0 Å². The van der Waals surface area contributed by atoms with E-state index in [-0.39, 0.29) is 22.9 Å². The van der Waals surface area contributed by atoms with E-state index in [1.165, 1.54) is 28.6 Å². The molecule has 1 fully saturated rings. The highest BCUT2D eigenvalue weighted by Gasteiger charge is 2.31. The Balaban J connectivity index is 2.02. The van der Waals surface area contributed by atoms with Gasteiger partial charge in [0.05, 0.1) is 10.6 Å². The van der Waals surface area contributed by atoms with Gasteiger partial charge in [-0.1, -0.05) is 12.1 Å². The summed E-state index contributed by atoms with van der Waals surface area (Å²) in [5, 5.41) is 11.2. The van der Waals surface area contributed by atoms with Crippen molar-refractivity contribution in [1.29, 1.82) is 0 Å². The Morgan fingerprint density at radius 1 is 1.19 bits per heavy atom. The van der Waals surface area contributed by atoms with Crippen molar-refractivity contribution in [3.8, 4) is 0 Å². The number of hydrogen-bond donors (Lipinski definition) is 0. The molecule has 27 heavy (non-hydrogen) atoms. The SMILES string of the molecule is CN(Cc1cccc(F)c1)c1ccc([N+](=O)[O-])cc1S(=O)(=O)N1CCCC1. The topological polar surface area (TPSA) is 83.8 Å². The fourth-order valence-corrected chi connectivity index (χ4v) is 4.98. The molecule has 0 amide bonds. The Labute approximate surface area is 157 Å². The van der Waals surface area contributed by atoms with Gasteiger partial charge in [0.2, 0.25) is 10.0 Å². The van der Waals surface area contributed by atoms with E-state index in [1.807, 2.05) is 0 Å². The number of sulfonamides is 1. The van der Waals surface area contributed by atoms with Gasteiger partial charge >= 0.3 is 0 Å². The molecule has 0 atom stereocenters. The summed E-state index contributed by atoms with van der Waals surface area (Å²) in [4.78, 5) is 12.1. The van der Waals surface area contributed by atoms with Crippen LogP contribution in [0.4, 0.5) is 15.8 Å². The van der Waals surface area contributed by atoms with Crippen molar-refractivity contribution in [2.24, 2.45) is 0 Å². The Morgan fingerprint density at radius 3 is 2.52 bits per heavy atom. The molecule has 0 aromatic heterocycles. The zero-order chi connectivity index (χ0) is 19.6. The second-order valence-electron chi connectivity index (χ2n) is 6.51. The van der Waals surface area contributed by atoms with E-state index in [9.17, 15) is 22.9 Å². The number of rotatable bonds is 6. The zero-order valence-corrected chi connectivity index (χ0v) is 15.7. The lowest BCUT2D eigenvalue weighted by atomic mass is 10.2. The first kappa shape index (κ1) is 19.2. The van der Waals surface area contributed by atoms with Crippen LogP contribution in [-0.2, 0) is 16.6 Å². The third-order valence-corrected chi connectivity index (χ3v) is 6.48. The van der Waals surface area contributed by atoms with Crippen molar-refractivity contribution < 1.29 is 17.7 Å². The molecule has 0 unspecified atom stereocenters. The average Bonchev–Trinajstić information content (AvgIpc) is 3.16. The lowest BCUT2D eigenvalue weighted by Crippen LogP contribution is -2.30. The van der Waals surface area contributed by atoms with Crippen LogP contribution in [0.5, 0.6) is 0 Å². The fourth-order valence-electron chi connectivity index (χ4n) is 3.20. The van der Waals surface area contributed by atoms with Crippen molar-refractivity contribution >= 4 is 21.4 Å². The van der Waals surface area contributed by atoms with Gasteiger partial charge in [-0.3, -0.25) is 10.1 Å². The first-order valence-corrected chi connectivity index (χ1v) is 9.97. The van der Waals surface area contributed by atoms with Gasteiger partial charge < -0.3 is 4.90 Å². The first-order chi connectivity index (χ1) is 12.8. The van der Waals surface area contributed by atoms with Gasteiger partial charge in [0.15, 0.2) is 0 Å². The van der Waals surface area contributed by atoms with E-state index in [4.69, 9.17) is 0 Å². The van der Waals surface area contributed by atoms with E-state index in [1.54, 1.807) is 24.1 Å². The molecule has 1 aliphatic rings. The number of hydrogen-bond acceptors (Lipinski definition) is 5.